The van der Waals surface area contributed by atoms with Gasteiger partial charge in [0.15, 0.2) is 0 Å². The van der Waals surface area contributed by atoms with Crippen LogP contribution in [0.3, 0.4) is 0 Å². The summed E-state index contributed by atoms with van der Waals surface area (Å²) in [5, 5.41) is 7.12. The van der Waals surface area contributed by atoms with Crippen molar-refractivity contribution in [3.05, 3.63) is 48.0 Å². The van der Waals surface area contributed by atoms with E-state index in [0.717, 1.165) is 43.1 Å². The third-order valence-electron chi connectivity index (χ3n) is 4.85. The van der Waals surface area contributed by atoms with Gasteiger partial charge in [0.1, 0.15) is 11.5 Å². The second-order valence-corrected chi connectivity index (χ2v) is 6.49. The maximum absolute atomic E-state index is 5.42. The normalized spacial score (nSPS) is 15.1. The minimum absolute atomic E-state index is 0.644. The third kappa shape index (κ3) is 4.74. The van der Waals surface area contributed by atoms with Crippen molar-refractivity contribution < 1.29 is 9.47 Å². The molecular formula is C21H28N2O2. The number of ether oxygens (including phenoxy) is 2. The van der Waals surface area contributed by atoms with Gasteiger partial charge in [0, 0.05) is 12.1 Å². The molecule has 0 aromatic heterocycles. The highest BCUT2D eigenvalue weighted by atomic mass is 16.5. The van der Waals surface area contributed by atoms with Crippen LogP contribution in [0.25, 0.3) is 11.1 Å². The Hall–Kier alpha value is -2.04. The standard InChI is InChI=1S/C21H28N2O2/c1-24-19-13-17(14-20(15-19)25-2)21-6-4-3-5-16(21)7-12-23-18-8-10-22-11-9-18/h3-6,13-15,18,22-23H,7-12H2,1-2H3. The van der Waals surface area contributed by atoms with Crippen molar-refractivity contribution in [1.29, 1.82) is 0 Å². The van der Waals surface area contributed by atoms with Crippen LogP contribution in [0.2, 0.25) is 0 Å². The molecular weight excluding hydrogens is 312 g/mol. The molecule has 2 aromatic rings. The van der Waals surface area contributed by atoms with E-state index in [4.69, 9.17) is 9.47 Å². The molecule has 0 bridgehead atoms. The van der Waals surface area contributed by atoms with Crippen molar-refractivity contribution in [2.45, 2.75) is 25.3 Å². The Morgan fingerprint density at radius 3 is 2.36 bits per heavy atom. The Morgan fingerprint density at radius 1 is 1.00 bits per heavy atom. The van der Waals surface area contributed by atoms with E-state index in [1.54, 1.807) is 14.2 Å². The SMILES string of the molecule is COc1cc(OC)cc(-c2ccccc2CCNC2CCNCC2)c1. The number of piperidine rings is 1. The Morgan fingerprint density at radius 2 is 1.68 bits per heavy atom. The summed E-state index contributed by atoms with van der Waals surface area (Å²) in [6, 6.07) is 15.3. The molecule has 4 heteroatoms. The Kier molecular flexibility index (Phi) is 6.31. The molecule has 0 amide bonds. The lowest BCUT2D eigenvalue weighted by atomic mass is 9.97. The molecule has 134 valence electrons. The zero-order valence-corrected chi connectivity index (χ0v) is 15.2. The van der Waals surface area contributed by atoms with E-state index in [2.05, 4.69) is 47.0 Å². The second kappa shape index (κ2) is 8.88. The predicted octanol–water partition coefficient (Wildman–Crippen LogP) is 3.25. The molecule has 1 fully saturated rings. The van der Waals surface area contributed by atoms with Gasteiger partial charge >= 0.3 is 0 Å². The van der Waals surface area contributed by atoms with Crippen LogP contribution >= 0.6 is 0 Å². The summed E-state index contributed by atoms with van der Waals surface area (Å²) in [5.74, 6) is 1.63. The number of rotatable bonds is 7. The van der Waals surface area contributed by atoms with Gasteiger partial charge in [-0.2, -0.15) is 0 Å². The van der Waals surface area contributed by atoms with Gasteiger partial charge in [-0.25, -0.2) is 0 Å². The highest BCUT2D eigenvalue weighted by Gasteiger charge is 2.13. The fourth-order valence-corrected chi connectivity index (χ4v) is 3.42. The average Bonchev–Trinajstić information content (AvgIpc) is 2.68. The molecule has 1 aliphatic heterocycles. The summed E-state index contributed by atoms with van der Waals surface area (Å²) in [7, 11) is 3.38. The fourth-order valence-electron chi connectivity index (χ4n) is 3.42. The van der Waals surface area contributed by atoms with Crippen LogP contribution in [-0.2, 0) is 6.42 Å². The molecule has 1 aliphatic rings. The van der Waals surface area contributed by atoms with Gasteiger partial charge in [0.05, 0.1) is 14.2 Å². The zero-order valence-electron chi connectivity index (χ0n) is 15.2. The molecule has 2 aromatic carbocycles. The van der Waals surface area contributed by atoms with E-state index in [1.165, 1.54) is 24.0 Å². The van der Waals surface area contributed by atoms with Crippen molar-refractivity contribution in [2.24, 2.45) is 0 Å². The lowest BCUT2D eigenvalue weighted by molar-refractivity contribution is 0.390. The van der Waals surface area contributed by atoms with Gasteiger partial charge in [0.2, 0.25) is 0 Å². The average molecular weight is 340 g/mol. The van der Waals surface area contributed by atoms with Gasteiger partial charge in [-0.15, -0.1) is 0 Å². The quantitative estimate of drug-likeness (QED) is 0.812. The van der Waals surface area contributed by atoms with Crippen LogP contribution in [0, 0.1) is 0 Å². The van der Waals surface area contributed by atoms with Crippen molar-refractivity contribution in [3.63, 3.8) is 0 Å². The van der Waals surface area contributed by atoms with Crippen LogP contribution in [0.1, 0.15) is 18.4 Å². The van der Waals surface area contributed by atoms with Gasteiger partial charge in [-0.1, -0.05) is 24.3 Å². The second-order valence-electron chi connectivity index (χ2n) is 6.49. The monoisotopic (exact) mass is 340 g/mol. The molecule has 3 rings (SSSR count). The lowest BCUT2D eigenvalue weighted by Crippen LogP contribution is -2.40. The van der Waals surface area contributed by atoms with E-state index in [1.807, 2.05) is 6.07 Å². The highest BCUT2D eigenvalue weighted by molar-refractivity contribution is 5.70. The van der Waals surface area contributed by atoms with Gasteiger partial charge in [0.25, 0.3) is 0 Å². The number of hydrogen-bond acceptors (Lipinski definition) is 4. The van der Waals surface area contributed by atoms with Crippen molar-refractivity contribution in [1.82, 2.24) is 10.6 Å². The molecule has 0 radical (unpaired) electrons. The largest absolute Gasteiger partial charge is 0.497 e. The molecule has 1 saturated heterocycles. The Bertz CT molecular complexity index is 659. The molecule has 0 spiro atoms. The van der Waals surface area contributed by atoms with Crippen LogP contribution in [-0.4, -0.2) is 39.9 Å². The summed E-state index contributed by atoms with van der Waals surface area (Å²) in [5.41, 5.74) is 3.72. The van der Waals surface area contributed by atoms with E-state index in [9.17, 15) is 0 Å². The van der Waals surface area contributed by atoms with Crippen molar-refractivity contribution in [2.75, 3.05) is 33.9 Å². The van der Waals surface area contributed by atoms with Gasteiger partial charge in [-0.3, -0.25) is 0 Å². The molecule has 4 nitrogen and oxygen atoms in total. The van der Waals surface area contributed by atoms with E-state index in [-0.39, 0.29) is 0 Å². The minimum atomic E-state index is 0.644. The first-order valence-electron chi connectivity index (χ1n) is 9.05. The van der Waals surface area contributed by atoms with Crippen LogP contribution in [0.4, 0.5) is 0 Å². The molecule has 0 unspecified atom stereocenters. The summed E-state index contributed by atoms with van der Waals surface area (Å²) in [4.78, 5) is 0. The highest BCUT2D eigenvalue weighted by Crippen LogP contribution is 2.31. The summed E-state index contributed by atoms with van der Waals surface area (Å²) in [6.45, 7) is 3.25. The van der Waals surface area contributed by atoms with Crippen LogP contribution in [0.15, 0.2) is 42.5 Å². The zero-order chi connectivity index (χ0) is 17.5. The fraction of sp³-hybridized carbons (Fsp3) is 0.429. The predicted molar refractivity (Wildman–Crippen MR) is 103 cm³/mol. The Balaban J connectivity index is 1.74. The Labute approximate surface area is 150 Å². The molecule has 0 atom stereocenters. The van der Waals surface area contributed by atoms with E-state index >= 15 is 0 Å². The minimum Gasteiger partial charge on any atom is -0.497 e. The number of methoxy groups -OCH3 is 2. The molecule has 2 N–H and O–H groups in total. The molecule has 0 aliphatic carbocycles. The van der Waals surface area contributed by atoms with Crippen molar-refractivity contribution in [3.8, 4) is 22.6 Å². The summed E-state index contributed by atoms with van der Waals surface area (Å²) in [6.07, 6.45) is 3.45. The van der Waals surface area contributed by atoms with Crippen molar-refractivity contribution >= 4 is 0 Å². The van der Waals surface area contributed by atoms with Crippen LogP contribution < -0.4 is 20.1 Å². The van der Waals surface area contributed by atoms with Gasteiger partial charge in [-0.05, 0) is 67.7 Å². The van der Waals surface area contributed by atoms with E-state index in [0.29, 0.717) is 6.04 Å². The van der Waals surface area contributed by atoms with E-state index < -0.39 is 0 Å². The number of benzene rings is 2. The number of nitrogens with one attached hydrogen (secondary N) is 2. The number of hydrogen-bond donors (Lipinski definition) is 2. The first kappa shape index (κ1) is 17.8. The first-order chi connectivity index (χ1) is 12.3. The lowest BCUT2D eigenvalue weighted by Gasteiger charge is -2.24. The molecule has 1 heterocycles. The maximum atomic E-state index is 5.42. The molecule has 25 heavy (non-hydrogen) atoms. The maximum Gasteiger partial charge on any atom is 0.123 e. The van der Waals surface area contributed by atoms with Crippen LogP contribution in [0.5, 0.6) is 11.5 Å². The summed E-state index contributed by atoms with van der Waals surface area (Å²) < 4.78 is 10.8. The first-order valence-corrected chi connectivity index (χ1v) is 9.05. The smallest absolute Gasteiger partial charge is 0.123 e. The third-order valence-corrected chi connectivity index (χ3v) is 4.85. The summed E-state index contributed by atoms with van der Waals surface area (Å²) >= 11 is 0. The van der Waals surface area contributed by atoms with Gasteiger partial charge < -0.3 is 20.1 Å². The topological polar surface area (TPSA) is 42.5 Å². The molecule has 0 saturated carbocycles.